The predicted octanol–water partition coefficient (Wildman–Crippen LogP) is 1.73. The second-order valence-electron chi connectivity index (χ2n) is 3.12. The molecule has 4 heteroatoms. The largest absolute Gasteiger partial charge is 0.382 e. The maximum Gasteiger partial charge on any atom is 0.164 e. The van der Waals surface area contributed by atoms with Crippen molar-refractivity contribution in [3.8, 4) is 0 Å². The molecule has 2 N–H and O–H groups in total. The average Bonchev–Trinajstić information content (AvgIpc) is 2.53. The first-order valence-corrected chi connectivity index (χ1v) is 4.46. The minimum atomic E-state index is 0.527. The van der Waals surface area contributed by atoms with Gasteiger partial charge in [0.15, 0.2) is 11.5 Å². The summed E-state index contributed by atoms with van der Waals surface area (Å²) in [5.74, 6) is 0.527. The molecule has 0 aromatic carbocycles. The van der Waals surface area contributed by atoms with Crippen LogP contribution in [-0.4, -0.2) is 14.6 Å². The lowest BCUT2D eigenvalue weighted by Gasteiger charge is -1.97. The summed E-state index contributed by atoms with van der Waals surface area (Å²) >= 11 is 0. The van der Waals surface area contributed by atoms with E-state index in [1.54, 1.807) is 10.7 Å². The Kier molecular flexibility index (Phi) is 1.96. The van der Waals surface area contributed by atoms with Gasteiger partial charge in [-0.1, -0.05) is 6.08 Å². The minimum absolute atomic E-state index is 0.527. The fourth-order valence-electron chi connectivity index (χ4n) is 1.43. The van der Waals surface area contributed by atoms with Crippen molar-refractivity contribution in [2.75, 3.05) is 5.73 Å². The lowest BCUT2D eigenvalue weighted by atomic mass is 10.1. The number of aromatic nitrogens is 3. The van der Waals surface area contributed by atoms with Gasteiger partial charge >= 0.3 is 0 Å². The first kappa shape index (κ1) is 8.74. The molecule has 0 amide bonds. The number of nitrogens with zero attached hydrogens (tertiary/aromatic N) is 3. The maximum absolute atomic E-state index is 5.82. The summed E-state index contributed by atoms with van der Waals surface area (Å²) < 4.78 is 1.69. The van der Waals surface area contributed by atoms with E-state index in [0.717, 1.165) is 16.8 Å². The molecule has 4 nitrogen and oxygen atoms in total. The highest BCUT2D eigenvalue weighted by Gasteiger charge is 2.11. The topological polar surface area (TPSA) is 56.2 Å². The molecular formula is C10H12N4. The number of anilines is 1. The van der Waals surface area contributed by atoms with Gasteiger partial charge in [-0.2, -0.15) is 0 Å². The summed E-state index contributed by atoms with van der Waals surface area (Å²) in [7, 11) is 0. The number of hydrogen-bond donors (Lipinski definition) is 1. The molecule has 0 saturated heterocycles. The Morgan fingerprint density at radius 2 is 2.36 bits per heavy atom. The molecule has 14 heavy (non-hydrogen) atoms. The number of rotatable bonds is 1. The van der Waals surface area contributed by atoms with Crippen LogP contribution in [0.25, 0.3) is 11.2 Å². The Hall–Kier alpha value is -1.84. The number of hydrogen-bond acceptors (Lipinski definition) is 3. The van der Waals surface area contributed by atoms with Gasteiger partial charge in [-0.15, -0.1) is 5.10 Å². The van der Waals surface area contributed by atoms with E-state index in [9.17, 15) is 0 Å². The summed E-state index contributed by atoms with van der Waals surface area (Å²) in [5.41, 5.74) is 8.64. The molecule has 72 valence electrons. The van der Waals surface area contributed by atoms with Crippen LogP contribution >= 0.6 is 0 Å². The lowest BCUT2D eigenvalue weighted by molar-refractivity contribution is 0.945. The second-order valence-corrected chi connectivity index (χ2v) is 3.12. The molecule has 0 fully saturated rings. The van der Waals surface area contributed by atoms with E-state index >= 15 is 0 Å². The zero-order chi connectivity index (χ0) is 10.1. The molecular weight excluding hydrogens is 176 g/mol. The zero-order valence-corrected chi connectivity index (χ0v) is 8.23. The van der Waals surface area contributed by atoms with Gasteiger partial charge in [-0.05, 0) is 25.5 Å². The van der Waals surface area contributed by atoms with E-state index < -0.39 is 0 Å². The number of fused-ring (bicyclic) bond motifs is 1. The van der Waals surface area contributed by atoms with Crippen molar-refractivity contribution in [3.63, 3.8) is 0 Å². The number of nitrogen functional groups attached to an aromatic ring is 1. The van der Waals surface area contributed by atoms with Crippen LogP contribution in [0.5, 0.6) is 0 Å². The Morgan fingerprint density at radius 3 is 3.07 bits per heavy atom. The third-order valence-corrected chi connectivity index (χ3v) is 2.25. The molecule has 0 unspecified atom stereocenters. The number of nitrogens with two attached hydrogens (primary N) is 1. The van der Waals surface area contributed by atoms with E-state index in [2.05, 4.69) is 10.1 Å². The van der Waals surface area contributed by atoms with Gasteiger partial charge in [0.25, 0.3) is 0 Å². The van der Waals surface area contributed by atoms with Gasteiger partial charge in [0.05, 0.1) is 5.56 Å². The third-order valence-electron chi connectivity index (χ3n) is 2.25. The van der Waals surface area contributed by atoms with Crippen molar-refractivity contribution in [1.82, 2.24) is 14.6 Å². The lowest BCUT2D eigenvalue weighted by Crippen LogP contribution is -1.89. The Labute approximate surface area is 82.1 Å². The van der Waals surface area contributed by atoms with Gasteiger partial charge in [0.2, 0.25) is 0 Å². The van der Waals surface area contributed by atoms with Crippen molar-refractivity contribution in [2.24, 2.45) is 0 Å². The monoisotopic (exact) mass is 188 g/mol. The number of allylic oxidation sites excluding steroid dienone is 2. The first-order chi connectivity index (χ1) is 6.74. The standard InChI is InChI=1S/C10H12N4/c1-3-7(2)8-9(11)13-14-6-4-5-12-10(8)14/h3-6H,1-2H3,(H2,11,13)/b7-3+. The van der Waals surface area contributed by atoms with Gasteiger partial charge in [0.1, 0.15) is 0 Å². The minimum Gasteiger partial charge on any atom is -0.382 e. The summed E-state index contributed by atoms with van der Waals surface area (Å²) in [6.07, 6.45) is 5.58. The molecule has 0 radical (unpaired) electrons. The van der Waals surface area contributed by atoms with Crippen molar-refractivity contribution in [1.29, 1.82) is 0 Å². The van der Waals surface area contributed by atoms with Crippen LogP contribution in [0.1, 0.15) is 19.4 Å². The molecule has 0 spiro atoms. The molecule has 0 bridgehead atoms. The van der Waals surface area contributed by atoms with Crippen molar-refractivity contribution in [2.45, 2.75) is 13.8 Å². The second kappa shape index (κ2) is 3.14. The van der Waals surface area contributed by atoms with Crippen molar-refractivity contribution >= 4 is 17.0 Å². The molecule has 0 aliphatic rings. The molecule has 0 aliphatic heterocycles. The van der Waals surface area contributed by atoms with Crippen LogP contribution in [0, 0.1) is 0 Å². The Bertz CT molecular complexity index is 496. The van der Waals surface area contributed by atoms with E-state index in [1.807, 2.05) is 32.2 Å². The maximum atomic E-state index is 5.82. The van der Waals surface area contributed by atoms with Crippen LogP contribution in [-0.2, 0) is 0 Å². The summed E-state index contributed by atoms with van der Waals surface area (Å²) in [6.45, 7) is 3.98. The van der Waals surface area contributed by atoms with Crippen LogP contribution in [0.2, 0.25) is 0 Å². The highest BCUT2D eigenvalue weighted by molar-refractivity contribution is 5.81. The highest BCUT2D eigenvalue weighted by atomic mass is 15.3. The molecule has 2 aromatic rings. The SMILES string of the molecule is C/C=C(\C)c1c(N)nn2cccnc12. The van der Waals surface area contributed by atoms with E-state index in [4.69, 9.17) is 5.73 Å². The smallest absolute Gasteiger partial charge is 0.164 e. The molecule has 2 heterocycles. The molecule has 0 aliphatic carbocycles. The summed E-state index contributed by atoms with van der Waals surface area (Å²) in [5, 5.41) is 4.17. The first-order valence-electron chi connectivity index (χ1n) is 4.46. The fraction of sp³-hybridized carbons (Fsp3) is 0.200. The fourth-order valence-corrected chi connectivity index (χ4v) is 1.43. The molecule has 0 atom stereocenters. The van der Waals surface area contributed by atoms with Gasteiger partial charge in [0, 0.05) is 12.4 Å². The van der Waals surface area contributed by atoms with Crippen LogP contribution in [0.4, 0.5) is 5.82 Å². The van der Waals surface area contributed by atoms with Gasteiger partial charge in [-0.3, -0.25) is 0 Å². The van der Waals surface area contributed by atoms with Crippen LogP contribution < -0.4 is 5.73 Å². The quantitative estimate of drug-likeness (QED) is 0.741. The van der Waals surface area contributed by atoms with Crippen LogP contribution in [0.3, 0.4) is 0 Å². The molecule has 0 saturated carbocycles. The predicted molar refractivity (Wildman–Crippen MR) is 56.7 cm³/mol. The third kappa shape index (κ3) is 1.16. The Morgan fingerprint density at radius 1 is 1.57 bits per heavy atom. The van der Waals surface area contributed by atoms with Gasteiger partial charge < -0.3 is 5.73 Å². The normalized spacial score (nSPS) is 12.3. The summed E-state index contributed by atoms with van der Waals surface area (Å²) in [4.78, 5) is 4.25. The van der Waals surface area contributed by atoms with E-state index in [-0.39, 0.29) is 0 Å². The highest BCUT2D eigenvalue weighted by Crippen LogP contribution is 2.23. The van der Waals surface area contributed by atoms with Crippen LogP contribution in [0.15, 0.2) is 24.5 Å². The average molecular weight is 188 g/mol. The summed E-state index contributed by atoms with van der Waals surface area (Å²) in [6, 6.07) is 1.83. The van der Waals surface area contributed by atoms with E-state index in [0.29, 0.717) is 5.82 Å². The zero-order valence-electron chi connectivity index (χ0n) is 8.23. The van der Waals surface area contributed by atoms with Gasteiger partial charge in [-0.25, -0.2) is 9.50 Å². The molecule has 2 aromatic heterocycles. The molecule has 2 rings (SSSR count). The van der Waals surface area contributed by atoms with Crippen molar-refractivity contribution in [3.05, 3.63) is 30.1 Å². The van der Waals surface area contributed by atoms with Crippen molar-refractivity contribution < 1.29 is 0 Å². The Balaban J connectivity index is 2.81. The van der Waals surface area contributed by atoms with E-state index in [1.165, 1.54) is 0 Å².